The molecular formula is C15H20ClNO3. The van der Waals surface area contributed by atoms with E-state index in [-0.39, 0.29) is 18.6 Å². The number of halogens is 1. The van der Waals surface area contributed by atoms with Gasteiger partial charge < -0.3 is 14.7 Å². The molecule has 1 aromatic carbocycles. The zero-order chi connectivity index (χ0) is 14.5. The van der Waals surface area contributed by atoms with Crippen molar-refractivity contribution in [3.8, 4) is 5.75 Å². The van der Waals surface area contributed by atoms with Gasteiger partial charge in [-0.2, -0.15) is 0 Å². The van der Waals surface area contributed by atoms with Gasteiger partial charge in [0, 0.05) is 11.6 Å². The molecule has 1 saturated heterocycles. The van der Waals surface area contributed by atoms with Crippen LogP contribution in [0.15, 0.2) is 24.3 Å². The van der Waals surface area contributed by atoms with Crippen LogP contribution in [0, 0.1) is 0 Å². The van der Waals surface area contributed by atoms with Gasteiger partial charge in [-0.25, -0.2) is 0 Å². The van der Waals surface area contributed by atoms with Crippen LogP contribution in [0.1, 0.15) is 26.2 Å². The molecule has 1 amide bonds. The van der Waals surface area contributed by atoms with E-state index in [1.165, 1.54) is 0 Å². The van der Waals surface area contributed by atoms with E-state index in [0.717, 1.165) is 19.3 Å². The van der Waals surface area contributed by atoms with Crippen LogP contribution in [0.25, 0.3) is 0 Å². The van der Waals surface area contributed by atoms with Gasteiger partial charge in [0.05, 0.1) is 12.6 Å². The maximum Gasteiger partial charge on any atom is 0.263 e. The van der Waals surface area contributed by atoms with Gasteiger partial charge in [0.2, 0.25) is 0 Å². The minimum absolute atomic E-state index is 0.0133. The lowest BCUT2D eigenvalue weighted by molar-refractivity contribution is -0.142. The Kier molecular flexibility index (Phi) is 5.26. The monoisotopic (exact) mass is 297 g/mol. The van der Waals surface area contributed by atoms with E-state index in [1.54, 1.807) is 36.1 Å². The summed E-state index contributed by atoms with van der Waals surface area (Å²) in [7, 11) is 0. The fraction of sp³-hybridized carbons (Fsp3) is 0.533. The molecule has 2 atom stereocenters. The van der Waals surface area contributed by atoms with Crippen molar-refractivity contribution in [1.29, 1.82) is 0 Å². The number of rotatable bonds is 4. The summed E-state index contributed by atoms with van der Waals surface area (Å²) in [5, 5.41) is 10.00. The number of carbonyl (C=O) groups is 1. The topological polar surface area (TPSA) is 49.8 Å². The number of hydrogen-bond acceptors (Lipinski definition) is 3. The Morgan fingerprint density at radius 1 is 1.45 bits per heavy atom. The van der Waals surface area contributed by atoms with Gasteiger partial charge in [-0.3, -0.25) is 4.79 Å². The number of piperidine rings is 1. The highest BCUT2D eigenvalue weighted by atomic mass is 35.5. The first-order valence-electron chi connectivity index (χ1n) is 6.95. The maximum atomic E-state index is 12.4. The highest BCUT2D eigenvalue weighted by Gasteiger charge is 2.30. The first kappa shape index (κ1) is 15.1. The van der Waals surface area contributed by atoms with E-state index in [9.17, 15) is 9.90 Å². The van der Waals surface area contributed by atoms with E-state index in [1.807, 2.05) is 0 Å². The molecule has 1 N–H and O–H groups in total. The number of aliphatic hydroxyl groups is 1. The molecular weight excluding hydrogens is 278 g/mol. The van der Waals surface area contributed by atoms with E-state index >= 15 is 0 Å². The molecule has 1 fully saturated rings. The minimum atomic E-state index is -0.566. The Morgan fingerprint density at radius 3 is 2.80 bits per heavy atom. The summed E-state index contributed by atoms with van der Waals surface area (Å²) in [6.45, 7) is 2.44. The SMILES string of the molecule is CC(Oc1ccc(Cl)cc1)C(=O)N1CCCCC1CO. The van der Waals surface area contributed by atoms with Gasteiger partial charge in [0.25, 0.3) is 5.91 Å². The molecule has 4 nitrogen and oxygen atoms in total. The fourth-order valence-corrected chi connectivity index (χ4v) is 2.61. The lowest BCUT2D eigenvalue weighted by Gasteiger charge is -2.36. The molecule has 1 heterocycles. The summed E-state index contributed by atoms with van der Waals surface area (Å²) in [5.41, 5.74) is 0. The predicted molar refractivity (Wildman–Crippen MR) is 78.0 cm³/mol. The lowest BCUT2D eigenvalue weighted by atomic mass is 10.0. The van der Waals surface area contributed by atoms with Crippen molar-refractivity contribution >= 4 is 17.5 Å². The number of aliphatic hydroxyl groups excluding tert-OH is 1. The Morgan fingerprint density at radius 2 is 2.15 bits per heavy atom. The van der Waals surface area contributed by atoms with Crippen LogP contribution in [0.3, 0.4) is 0 Å². The molecule has 0 spiro atoms. The largest absolute Gasteiger partial charge is 0.481 e. The van der Waals surface area contributed by atoms with Crippen molar-refractivity contribution in [2.75, 3.05) is 13.2 Å². The molecule has 2 rings (SSSR count). The van der Waals surface area contributed by atoms with E-state index in [2.05, 4.69) is 0 Å². The van der Waals surface area contributed by atoms with E-state index in [4.69, 9.17) is 16.3 Å². The standard InChI is InChI=1S/C15H20ClNO3/c1-11(20-14-7-5-12(16)6-8-14)15(19)17-9-3-2-4-13(17)10-18/h5-8,11,13,18H,2-4,9-10H2,1H3. The quantitative estimate of drug-likeness (QED) is 0.929. The van der Waals surface area contributed by atoms with Crippen molar-refractivity contribution < 1.29 is 14.6 Å². The lowest BCUT2D eigenvalue weighted by Crippen LogP contribution is -2.50. The van der Waals surface area contributed by atoms with E-state index < -0.39 is 6.10 Å². The highest BCUT2D eigenvalue weighted by Crippen LogP contribution is 2.20. The van der Waals surface area contributed by atoms with Gasteiger partial charge in [0.15, 0.2) is 6.10 Å². The third kappa shape index (κ3) is 3.64. The van der Waals surface area contributed by atoms with Gasteiger partial charge >= 0.3 is 0 Å². The van der Waals surface area contributed by atoms with Crippen molar-refractivity contribution in [2.45, 2.75) is 38.3 Å². The zero-order valence-corrected chi connectivity index (χ0v) is 12.3. The number of nitrogens with zero attached hydrogens (tertiary/aromatic N) is 1. The van der Waals surface area contributed by atoms with Crippen LogP contribution in [0.4, 0.5) is 0 Å². The van der Waals surface area contributed by atoms with Crippen LogP contribution < -0.4 is 4.74 Å². The Hall–Kier alpha value is -1.26. The summed E-state index contributed by atoms with van der Waals surface area (Å²) >= 11 is 5.81. The van der Waals surface area contributed by atoms with Crippen LogP contribution in [-0.4, -0.2) is 41.2 Å². The summed E-state index contributed by atoms with van der Waals surface area (Å²) in [4.78, 5) is 14.1. The second-order valence-electron chi connectivity index (χ2n) is 5.08. The van der Waals surface area contributed by atoms with Crippen molar-refractivity contribution in [3.05, 3.63) is 29.3 Å². The number of carbonyl (C=O) groups excluding carboxylic acids is 1. The normalized spacial score (nSPS) is 20.6. The molecule has 0 aliphatic carbocycles. The second kappa shape index (κ2) is 6.95. The molecule has 1 aliphatic rings. The molecule has 0 aromatic heterocycles. The third-order valence-corrected chi connectivity index (χ3v) is 3.85. The Balaban J connectivity index is 1.98. The molecule has 1 aromatic rings. The van der Waals surface area contributed by atoms with Crippen molar-refractivity contribution in [2.24, 2.45) is 0 Å². The van der Waals surface area contributed by atoms with Crippen LogP contribution in [0.2, 0.25) is 5.02 Å². The Bertz CT molecular complexity index is 449. The molecule has 2 unspecified atom stereocenters. The van der Waals surface area contributed by atoms with Gasteiger partial charge in [0.1, 0.15) is 5.75 Å². The minimum Gasteiger partial charge on any atom is -0.481 e. The average Bonchev–Trinajstić information content (AvgIpc) is 2.48. The summed E-state index contributed by atoms with van der Waals surface area (Å²) in [6.07, 6.45) is 2.33. The first-order chi connectivity index (χ1) is 9.61. The third-order valence-electron chi connectivity index (χ3n) is 3.60. The molecule has 1 aliphatic heterocycles. The van der Waals surface area contributed by atoms with E-state index in [0.29, 0.717) is 17.3 Å². The molecule has 0 saturated carbocycles. The number of amides is 1. The number of hydrogen-bond donors (Lipinski definition) is 1. The van der Waals surface area contributed by atoms with Crippen molar-refractivity contribution in [3.63, 3.8) is 0 Å². The van der Waals surface area contributed by atoms with Crippen LogP contribution in [0.5, 0.6) is 5.75 Å². The summed E-state index contributed by atoms with van der Waals surface area (Å²) in [5.74, 6) is 0.548. The fourth-order valence-electron chi connectivity index (χ4n) is 2.48. The van der Waals surface area contributed by atoms with Crippen molar-refractivity contribution in [1.82, 2.24) is 4.90 Å². The van der Waals surface area contributed by atoms with Crippen LogP contribution in [-0.2, 0) is 4.79 Å². The molecule has 110 valence electrons. The average molecular weight is 298 g/mol. The number of benzene rings is 1. The zero-order valence-electron chi connectivity index (χ0n) is 11.6. The smallest absolute Gasteiger partial charge is 0.263 e. The molecule has 5 heteroatoms. The summed E-state index contributed by atoms with van der Waals surface area (Å²) in [6, 6.07) is 6.86. The number of ether oxygens (including phenoxy) is 1. The Labute approximate surface area is 124 Å². The van der Waals surface area contributed by atoms with Gasteiger partial charge in [-0.05, 0) is 50.5 Å². The second-order valence-corrected chi connectivity index (χ2v) is 5.51. The predicted octanol–water partition coefficient (Wildman–Crippen LogP) is 2.48. The molecule has 0 radical (unpaired) electrons. The number of likely N-dealkylation sites (tertiary alicyclic amines) is 1. The molecule has 20 heavy (non-hydrogen) atoms. The summed E-state index contributed by atoms with van der Waals surface area (Å²) < 4.78 is 5.65. The first-order valence-corrected chi connectivity index (χ1v) is 7.33. The van der Waals surface area contributed by atoms with Gasteiger partial charge in [-0.1, -0.05) is 11.6 Å². The highest BCUT2D eigenvalue weighted by molar-refractivity contribution is 6.30. The van der Waals surface area contributed by atoms with Gasteiger partial charge in [-0.15, -0.1) is 0 Å². The van der Waals surface area contributed by atoms with Crippen LogP contribution >= 0.6 is 11.6 Å². The maximum absolute atomic E-state index is 12.4. The molecule has 0 bridgehead atoms.